The third-order valence-electron chi connectivity index (χ3n) is 5.68. The number of imide groups is 1. The van der Waals surface area contributed by atoms with Crippen LogP contribution < -0.4 is 0 Å². The second kappa shape index (κ2) is 6.67. The molecular formula is C20H23N3O3. The summed E-state index contributed by atoms with van der Waals surface area (Å²) in [6.07, 6.45) is 6.10. The van der Waals surface area contributed by atoms with E-state index in [9.17, 15) is 9.59 Å². The second-order valence-electron chi connectivity index (χ2n) is 7.37. The molecule has 1 aliphatic heterocycles. The minimum Gasteiger partial charge on any atom is -0.337 e. The number of rotatable bonds is 4. The average molecular weight is 353 g/mol. The molecule has 2 heterocycles. The van der Waals surface area contributed by atoms with Crippen molar-refractivity contribution in [3.63, 3.8) is 0 Å². The quantitative estimate of drug-likeness (QED) is 0.786. The molecule has 26 heavy (non-hydrogen) atoms. The molecule has 0 unspecified atom stereocenters. The zero-order valence-corrected chi connectivity index (χ0v) is 15.0. The normalized spacial score (nSPS) is 19.5. The summed E-state index contributed by atoms with van der Waals surface area (Å²) in [5, 5.41) is 4.00. The summed E-state index contributed by atoms with van der Waals surface area (Å²) in [4.78, 5) is 31.0. The Bertz CT molecular complexity index is 819. The molecule has 1 spiro atoms. The molecule has 1 aromatic carbocycles. The number of aryl methyl sites for hydroxylation is 1. The smallest absolute Gasteiger partial charge is 0.247 e. The maximum Gasteiger partial charge on any atom is 0.247 e. The number of aromatic nitrogens is 2. The van der Waals surface area contributed by atoms with Gasteiger partial charge in [0.25, 0.3) is 0 Å². The lowest BCUT2D eigenvalue weighted by atomic mass is 9.73. The minimum absolute atomic E-state index is 0.0609. The van der Waals surface area contributed by atoms with E-state index in [0.717, 1.165) is 44.1 Å². The van der Waals surface area contributed by atoms with Crippen LogP contribution in [0.15, 0.2) is 28.8 Å². The van der Waals surface area contributed by atoms with Crippen molar-refractivity contribution in [1.29, 1.82) is 0 Å². The Morgan fingerprint density at radius 3 is 2.54 bits per heavy atom. The van der Waals surface area contributed by atoms with Crippen molar-refractivity contribution >= 4 is 11.8 Å². The summed E-state index contributed by atoms with van der Waals surface area (Å²) in [6, 6.07) is 7.98. The fourth-order valence-corrected chi connectivity index (χ4v) is 4.10. The Labute approximate surface area is 152 Å². The average Bonchev–Trinajstić information content (AvgIpc) is 3.22. The molecule has 4 rings (SSSR count). The predicted octanol–water partition coefficient (Wildman–Crippen LogP) is 3.51. The van der Waals surface area contributed by atoms with E-state index in [1.807, 2.05) is 24.3 Å². The molecule has 2 fully saturated rings. The summed E-state index contributed by atoms with van der Waals surface area (Å²) < 4.78 is 5.30. The molecule has 0 atom stereocenters. The molecule has 1 saturated carbocycles. The van der Waals surface area contributed by atoms with Gasteiger partial charge in [-0.25, -0.2) is 0 Å². The van der Waals surface area contributed by atoms with Crippen LogP contribution in [-0.4, -0.2) is 26.9 Å². The number of hydrogen-bond donors (Lipinski definition) is 0. The van der Waals surface area contributed by atoms with Crippen molar-refractivity contribution in [1.82, 2.24) is 15.0 Å². The van der Waals surface area contributed by atoms with Crippen molar-refractivity contribution in [3.05, 3.63) is 35.7 Å². The molecule has 0 bridgehead atoms. The van der Waals surface area contributed by atoms with Crippen molar-refractivity contribution < 1.29 is 14.1 Å². The van der Waals surface area contributed by atoms with Crippen LogP contribution in [0.4, 0.5) is 0 Å². The summed E-state index contributed by atoms with van der Waals surface area (Å²) >= 11 is 0. The molecule has 6 nitrogen and oxygen atoms in total. The van der Waals surface area contributed by atoms with Crippen LogP contribution in [0.2, 0.25) is 0 Å². The van der Waals surface area contributed by atoms with Gasteiger partial charge in [0.1, 0.15) is 6.54 Å². The first-order chi connectivity index (χ1) is 12.6. The highest BCUT2D eigenvalue weighted by Crippen LogP contribution is 2.45. The van der Waals surface area contributed by atoms with Crippen LogP contribution >= 0.6 is 0 Å². The predicted molar refractivity (Wildman–Crippen MR) is 94.8 cm³/mol. The number of benzene rings is 1. The monoisotopic (exact) mass is 353 g/mol. The fraction of sp³-hybridized carbons (Fsp3) is 0.500. The lowest BCUT2D eigenvalue weighted by Crippen LogP contribution is -2.36. The Balaban J connectivity index is 1.50. The van der Waals surface area contributed by atoms with E-state index in [2.05, 4.69) is 17.1 Å². The first-order valence-corrected chi connectivity index (χ1v) is 9.38. The van der Waals surface area contributed by atoms with Crippen molar-refractivity contribution in [2.24, 2.45) is 5.41 Å². The molecule has 1 aliphatic carbocycles. The summed E-state index contributed by atoms with van der Waals surface area (Å²) in [6.45, 7) is 2.17. The maximum absolute atomic E-state index is 12.9. The van der Waals surface area contributed by atoms with Gasteiger partial charge in [-0.15, -0.1) is 0 Å². The number of carbonyl (C=O) groups is 2. The van der Waals surface area contributed by atoms with E-state index >= 15 is 0 Å². The first kappa shape index (κ1) is 16.9. The molecule has 136 valence electrons. The lowest BCUT2D eigenvalue weighted by molar-refractivity contribution is -0.143. The third kappa shape index (κ3) is 2.93. The van der Waals surface area contributed by atoms with Crippen molar-refractivity contribution in [3.8, 4) is 11.4 Å². The molecule has 2 amide bonds. The molecular weight excluding hydrogens is 330 g/mol. The van der Waals surface area contributed by atoms with E-state index < -0.39 is 5.41 Å². The Kier molecular flexibility index (Phi) is 4.34. The second-order valence-corrected chi connectivity index (χ2v) is 7.37. The molecule has 1 saturated heterocycles. The number of hydrogen-bond acceptors (Lipinski definition) is 5. The third-order valence-corrected chi connectivity index (χ3v) is 5.68. The van der Waals surface area contributed by atoms with E-state index in [0.29, 0.717) is 18.1 Å². The van der Waals surface area contributed by atoms with Gasteiger partial charge in [-0.1, -0.05) is 55.6 Å². The number of nitrogens with zero attached hydrogens (tertiary/aromatic N) is 3. The van der Waals surface area contributed by atoms with Crippen LogP contribution in [0.3, 0.4) is 0 Å². The molecule has 0 N–H and O–H groups in total. The summed E-state index contributed by atoms with van der Waals surface area (Å²) in [5.74, 6) is 0.599. The van der Waals surface area contributed by atoms with E-state index in [1.165, 1.54) is 10.5 Å². The van der Waals surface area contributed by atoms with E-state index in [4.69, 9.17) is 4.52 Å². The van der Waals surface area contributed by atoms with Gasteiger partial charge in [0.15, 0.2) is 0 Å². The zero-order chi connectivity index (χ0) is 18.1. The first-order valence-electron chi connectivity index (χ1n) is 9.38. The fourth-order valence-electron chi connectivity index (χ4n) is 4.10. The van der Waals surface area contributed by atoms with E-state index in [1.54, 1.807) is 0 Å². The van der Waals surface area contributed by atoms with E-state index in [-0.39, 0.29) is 18.4 Å². The standard InChI is InChI=1S/C20H23N3O3/c1-2-14-6-8-15(9-7-14)18-21-16(26-22-18)13-23-17(24)12-20(19(23)25)10-4-3-5-11-20/h6-9H,2-5,10-13H2,1H3. The maximum atomic E-state index is 12.9. The van der Waals surface area contributed by atoms with Crippen molar-refractivity contribution in [2.45, 2.75) is 58.4 Å². The van der Waals surface area contributed by atoms with Crippen molar-refractivity contribution in [2.75, 3.05) is 0 Å². The largest absolute Gasteiger partial charge is 0.337 e. The van der Waals surface area contributed by atoms with Gasteiger partial charge in [0.2, 0.25) is 23.5 Å². The van der Waals surface area contributed by atoms with Gasteiger partial charge < -0.3 is 4.52 Å². The topological polar surface area (TPSA) is 76.3 Å². The summed E-state index contributed by atoms with van der Waals surface area (Å²) in [7, 11) is 0. The number of amides is 2. The summed E-state index contributed by atoms with van der Waals surface area (Å²) in [5.41, 5.74) is 1.62. The van der Waals surface area contributed by atoms with Gasteiger partial charge >= 0.3 is 0 Å². The Morgan fingerprint density at radius 2 is 1.85 bits per heavy atom. The number of likely N-dealkylation sites (tertiary alicyclic amines) is 1. The van der Waals surface area contributed by atoms with Crippen LogP contribution in [0.1, 0.15) is 56.9 Å². The van der Waals surface area contributed by atoms with Crippen LogP contribution in [0, 0.1) is 5.41 Å². The highest BCUT2D eigenvalue weighted by molar-refractivity contribution is 6.05. The van der Waals surface area contributed by atoms with Crippen LogP contribution in [-0.2, 0) is 22.6 Å². The minimum atomic E-state index is -0.478. The highest BCUT2D eigenvalue weighted by Gasteiger charge is 2.51. The highest BCUT2D eigenvalue weighted by atomic mass is 16.5. The SMILES string of the molecule is CCc1ccc(-c2noc(CN3C(=O)CC4(CCCCC4)C3=O)n2)cc1. The van der Waals surface area contributed by atoms with Gasteiger partial charge in [-0.05, 0) is 24.8 Å². The molecule has 2 aliphatic rings. The zero-order valence-electron chi connectivity index (χ0n) is 15.0. The number of carbonyl (C=O) groups excluding carboxylic acids is 2. The molecule has 6 heteroatoms. The molecule has 1 aromatic heterocycles. The molecule has 2 aromatic rings. The van der Waals surface area contributed by atoms with Crippen LogP contribution in [0.25, 0.3) is 11.4 Å². The van der Waals surface area contributed by atoms with Gasteiger partial charge in [-0.3, -0.25) is 14.5 Å². The Morgan fingerprint density at radius 1 is 1.12 bits per heavy atom. The lowest BCUT2D eigenvalue weighted by Gasteiger charge is -2.30. The van der Waals surface area contributed by atoms with Crippen LogP contribution in [0.5, 0.6) is 0 Å². The van der Waals surface area contributed by atoms with Gasteiger partial charge in [0, 0.05) is 12.0 Å². The van der Waals surface area contributed by atoms with Gasteiger partial charge in [0.05, 0.1) is 5.41 Å². The molecule has 0 radical (unpaired) electrons. The Hall–Kier alpha value is -2.50. The van der Waals surface area contributed by atoms with Gasteiger partial charge in [-0.2, -0.15) is 4.98 Å².